The molecule has 2 aromatic rings. The van der Waals surface area contributed by atoms with Gasteiger partial charge in [0.15, 0.2) is 0 Å². The third-order valence-electron chi connectivity index (χ3n) is 2.51. The van der Waals surface area contributed by atoms with Crippen LogP contribution in [0.5, 0.6) is 0 Å². The van der Waals surface area contributed by atoms with Crippen molar-refractivity contribution in [1.29, 1.82) is 0 Å². The van der Waals surface area contributed by atoms with Gasteiger partial charge in [0.1, 0.15) is 0 Å². The van der Waals surface area contributed by atoms with Gasteiger partial charge in [-0.2, -0.15) is 0 Å². The average molecular weight is 276 g/mol. The number of aryl methyl sites for hydroxylation is 2. The molecule has 2 rings (SSSR count). The molecule has 82 valence electrons. The maximum Gasteiger partial charge on any atom is 0.0395 e. The zero-order valence-corrected chi connectivity index (χ0v) is 11.0. The molecule has 1 nitrogen and oxygen atoms in total. The minimum atomic E-state index is 1.10. The van der Waals surface area contributed by atoms with Crippen LogP contribution in [0.2, 0.25) is 0 Å². The van der Waals surface area contributed by atoms with Crippen LogP contribution in [0.4, 0.5) is 11.4 Å². The van der Waals surface area contributed by atoms with E-state index in [-0.39, 0.29) is 0 Å². The molecule has 0 unspecified atom stereocenters. The summed E-state index contributed by atoms with van der Waals surface area (Å²) in [5.74, 6) is 0. The van der Waals surface area contributed by atoms with Crippen LogP contribution in [-0.2, 0) is 0 Å². The first kappa shape index (κ1) is 11.2. The Bertz CT molecular complexity index is 489. The molecule has 0 atom stereocenters. The van der Waals surface area contributed by atoms with Gasteiger partial charge in [-0.05, 0) is 43.7 Å². The van der Waals surface area contributed by atoms with Crippen molar-refractivity contribution >= 4 is 27.3 Å². The van der Waals surface area contributed by atoms with Crippen molar-refractivity contribution in [3.63, 3.8) is 0 Å². The summed E-state index contributed by atoms with van der Waals surface area (Å²) in [5, 5.41) is 3.37. The van der Waals surface area contributed by atoms with Gasteiger partial charge in [0.2, 0.25) is 0 Å². The van der Waals surface area contributed by atoms with E-state index in [9.17, 15) is 0 Å². The summed E-state index contributed by atoms with van der Waals surface area (Å²) in [5.41, 5.74) is 4.73. The van der Waals surface area contributed by atoms with Crippen molar-refractivity contribution in [3.8, 4) is 0 Å². The molecule has 0 aromatic heterocycles. The molecule has 0 aliphatic rings. The number of benzene rings is 2. The van der Waals surface area contributed by atoms with Gasteiger partial charge in [0.05, 0.1) is 0 Å². The van der Waals surface area contributed by atoms with Crippen molar-refractivity contribution in [3.05, 3.63) is 58.1 Å². The van der Waals surface area contributed by atoms with Crippen LogP contribution in [0.3, 0.4) is 0 Å². The van der Waals surface area contributed by atoms with Crippen LogP contribution in [0.15, 0.2) is 46.9 Å². The SMILES string of the molecule is Cc1ccc(Nc2ccc(C)c(Br)c2)cc1. The lowest BCUT2D eigenvalue weighted by Gasteiger charge is -2.08. The first-order valence-electron chi connectivity index (χ1n) is 5.25. The molecule has 0 aliphatic carbocycles. The minimum Gasteiger partial charge on any atom is -0.355 e. The highest BCUT2D eigenvalue weighted by Crippen LogP contribution is 2.23. The summed E-state index contributed by atoms with van der Waals surface area (Å²) in [7, 11) is 0. The minimum absolute atomic E-state index is 1.10. The van der Waals surface area contributed by atoms with E-state index in [1.807, 2.05) is 0 Å². The third kappa shape index (κ3) is 2.64. The number of hydrogen-bond donors (Lipinski definition) is 1. The van der Waals surface area contributed by atoms with E-state index < -0.39 is 0 Å². The molecule has 0 heterocycles. The first-order chi connectivity index (χ1) is 7.65. The van der Waals surface area contributed by atoms with Gasteiger partial charge >= 0.3 is 0 Å². The van der Waals surface area contributed by atoms with Gasteiger partial charge in [0.25, 0.3) is 0 Å². The molecule has 0 spiro atoms. The van der Waals surface area contributed by atoms with Gasteiger partial charge in [-0.3, -0.25) is 0 Å². The van der Waals surface area contributed by atoms with Gasteiger partial charge in [-0.1, -0.05) is 39.7 Å². The molecule has 16 heavy (non-hydrogen) atoms. The highest BCUT2D eigenvalue weighted by molar-refractivity contribution is 9.10. The average Bonchev–Trinajstić information content (AvgIpc) is 2.27. The van der Waals surface area contributed by atoms with Crippen LogP contribution in [0, 0.1) is 13.8 Å². The van der Waals surface area contributed by atoms with Gasteiger partial charge in [0, 0.05) is 15.8 Å². The molecule has 0 saturated carbocycles. The van der Waals surface area contributed by atoms with Crippen LogP contribution in [0.1, 0.15) is 11.1 Å². The molecular formula is C14H14BrN. The van der Waals surface area contributed by atoms with Crippen LogP contribution in [-0.4, -0.2) is 0 Å². The van der Waals surface area contributed by atoms with E-state index in [1.165, 1.54) is 11.1 Å². The molecule has 0 radical (unpaired) electrons. The summed E-state index contributed by atoms with van der Waals surface area (Å²) in [6.45, 7) is 4.17. The Morgan fingerprint density at radius 2 is 1.50 bits per heavy atom. The Kier molecular flexibility index (Phi) is 3.30. The fourth-order valence-electron chi connectivity index (χ4n) is 1.47. The number of nitrogens with one attached hydrogen (secondary N) is 1. The Labute approximate surface area is 105 Å². The van der Waals surface area contributed by atoms with Crippen LogP contribution in [0.25, 0.3) is 0 Å². The predicted molar refractivity (Wildman–Crippen MR) is 73.3 cm³/mol. The monoisotopic (exact) mass is 275 g/mol. The van der Waals surface area contributed by atoms with Crippen molar-refractivity contribution in [1.82, 2.24) is 0 Å². The molecular weight excluding hydrogens is 262 g/mol. The van der Waals surface area contributed by atoms with E-state index in [0.29, 0.717) is 0 Å². The number of anilines is 2. The second-order valence-electron chi connectivity index (χ2n) is 3.95. The molecule has 0 bridgehead atoms. The Morgan fingerprint density at radius 3 is 2.12 bits per heavy atom. The lowest BCUT2D eigenvalue weighted by atomic mass is 10.2. The molecule has 2 aromatic carbocycles. The second-order valence-corrected chi connectivity index (χ2v) is 4.81. The number of halogens is 1. The van der Waals surface area contributed by atoms with E-state index in [0.717, 1.165) is 15.8 Å². The maximum absolute atomic E-state index is 3.53. The summed E-state index contributed by atoms with van der Waals surface area (Å²) < 4.78 is 1.13. The number of hydrogen-bond acceptors (Lipinski definition) is 1. The third-order valence-corrected chi connectivity index (χ3v) is 3.37. The summed E-state index contributed by atoms with van der Waals surface area (Å²) in [4.78, 5) is 0. The van der Waals surface area contributed by atoms with Gasteiger partial charge in [-0.25, -0.2) is 0 Å². The smallest absolute Gasteiger partial charge is 0.0395 e. The largest absolute Gasteiger partial charge is 0.355 e. The molecule has 1 N–H and O–H groups in total. The quantitative estimate of drug-likeness (QED) is 0.830. The van der Waals surface area contributed by atoms with Crippen molar-refractivity contribution < 1.29 is 0 Å². The van der Waals surface area contributed by atoms with Crippen LogP contribution < -0.4 is 5.32 Å². The normalized spacial score (nSPS) is 10.2. The van der Waals surface area contributed by atoms with Crippen molar-refractivity contribution in [2.75, 3.05) is 5.32 Å². The fourth-order valence-corrected chi connectivity index (χ4v) is 1.85. The molecule has 0 aliphatic heterocycles. The van der Waals surface area contributed by atoms with Crippen LogP contribution >= 0.6 is 15.9 Å². The molecule has 0 amide bonds. The molecule has 0 fully saturated rings. The Morgan fingerprint density at radius 1 is 0.875 bits per heavy atom. The fraction of sp³-hybridized carbons (Fsp3) is 0.143. The lowest BCUT2D eigenvalue weighted by molar-refractivity contribution is 1.41. The van der Waals surface area contributed by atoms with Crippen molar-refractivity contribution in [2.24, 2.45) is 0 Å². The zero-order chi connectivity index (χ0) is 11.5. The maximum atomic E-state index is 3.53. The van der Waals surface area contributed by atoms with E-state index in [2.05, 4.69) is 77.6 Å². The highest BCUT2D eigenvalue weighted by atomic mass is 79.9. The predicted octanol–water partition coefficient (Wildman–Crippen LogP) is 4.81. The topological polar surface area (TPSA) is 12.0 Å². The summed E-state index contributed by atoms with van der Waals surface area (Å²) in [6.07, 6.45) is 0. The Hall–Kier alpha value is -1.28. The summed E-state index contributed by atoms with van der Waals surface area (Å²) >= 11 is 3.53. The Balaban J connectivity index is 2.20. The summed E-state index contributed by atoms with van der Waals surface area (Å²) in [6, 6.07) is 14.7. The molecule has 0 saturated heterocycles. The standard InChI is InChI=1S/C14H14BrN/c1-10-3-6-12(7-4-10)16-13-8-5-11(2)14(15)9-13/h3-9,16H,1-2H3. The van der Waals surface area contributed by atoms with Crippen molar-refractivity contribution in [2.45, 2.75) is 13.8 Å². The van der Waals surface area contributed by atoms with Gasteiger partial charge in [-0.15, -0.1) is 0 Å². The van der Waals surface area contributed by atoms with E-state index in [4.69, 9.17) is 0 Å². The first-order valence-corrected chi connectivity index (χ1v) is 6.04. The second kappa shape index (κ2) is 4.71. The lowest BCUT2D eigenvalue weighted by Crippen LogP contribution is -1.90. The van der Waals surface area contributed by atoms with E-state index in [1.54, 1.807) is 0 Å². The van der Waals surface area contributed by atoms with Gasteiger partial charge < -0.3 is 5.32 Å². The van der Waals surface area contributed by atoms with E-state index >= 15 is 0 Å². The molecule has 2 heteroatoms. The highest BCUT2D eigenvalue weighted by Gasteiger charge is 1.98. The number of rotatable bonds is 2. The zero-order valence-electron chi connectivity index (χ0n) is 9.42.